The van der Waals surface area contributed by atoms with E-state index >= 15 is 0 Å². The van der Waals surface area contributed by atoms with Crippen LogP contribution in [-0.2, 0) is 65.7 Å². The van der Waals surface area contributed by atoms with Crippen LogP contribution in [0.5, 0.6) is 0 Å². The van der Waals surface area contributed by atoms with E-state index < -0.39 is 114 Å². The summed E-state index contributed by atoms with van der Waals surface area (Å²) in [6.45, 7) is 5.89. The van der Waals surface area contributed by atoms with Crippen molar-refractivity contribution >= 4 is 33.3 Å². The lowest BCUT2D eigenvalue weighted by atomic mass is 9.96. The number of esters is 1. The number of rotatable bonds is 30. The third-order valence-corrected chi connectivity index (χ3v) is 10.5. The minimum absolute atomic E-state index is 0.0374. The number of hydrogen-bond acceptors (Lipinski definition) is 16. The molecule has 2 saturated heterocycles. The van der Waals surface area contributed by atoms with Crippen LogP contribution in [0.1, 0.15) is 105 Å². The molecule has 0 aromatic rings. The van der Waals surface area contributed by atoms with Gasteiger partial charge in [0.2, 0.25) is 5.91 Å². The third kappa shape index (κ3) is 19.7. The first-order chi connectivity index (χ1) is 28.4. The molecule has 0 saturated carbocycles. The van der Waals surface area contributed by atoms with Crippen LogP contribution in [0.15, 0.2) is 12.2 Å². The Morgan fingerprint density at radius 2 is 1.45 bits per heavy atom. The normalized spacial score (nSPS) is 28.1. The predicted molar refractivity (Wildman–Crippen MR) is 211 cm³/mol. The smallest absolute Gasteiger partial charge is 0.454 e. The number of carbonyl (C=O) groups is 3. The van der Waals surface area contributed by atoms with Gasteiger partial charge in [0.25, 0.3) is 0 Å². The number of phosphoric ester groups is 2. The second kappa shape index (κ2) is 28.1. The molecule has 60 heavy (non-hydrogen) atoms. The maximum atomic E-state index is 13.2. The van der Waals surface area contributed by atoms with E-state index in [-0.39, 0.29) is 32.2 Å². The zero-order valence-electron chi connectivity index (χ0n) is 35.1. The number of ketones is 1. The van der Waals surface area contributed by atoms with Gasteiger partial charge in [-0.25, -0.2) is 9.13 Å². The van der Waals surface area contributed by atoms with E-state index in [1.54, 1.807) is 13.0 Å². The summed E-state index contributed by atoms with van der Waals surface area (Å²) in [5.41, 5.74) is 0. The number of allylic oxidation sites excluding steroid dienone is 1. The first-order valence-corrected chi connectivity index (χ1v) is 23.6. The minimum atomic E-state index is -5.36. The molecule has 11 atom stereocenters. The zero-order valence-corrected chi connectivity index (χ0v) is 36.9. The topological polar surface area (TPSA) is 302 Å². The highest BCUT2D eigenvalue weighted by atomic mass is 31.2. The van der Waals surface area contributed by atoms with Crippen LogP contribution in [0.2, 0.25) is 0 Å². The van der Waals surface area contributed by atoms with Crippen molar-refractivity contribution in [2.24, 2.45) is 0 Å². The van der Waals surface area contributed by atoms with Gasteiger partial charge in [-0.15, -0.1) is 0 Å². The second-order valence-electron chi connectivity index (χ2n) is 14.5. The molecule has 350 valence electrons. The van der Waals surface area contributed by atoms with Crippen LogP contribution in [0.3, 0.4) is 0 Å². The Balaban J connectivity index is 2.55. The van der Waals surface area contributed by atoms with Crippen molar-refractivity contribution < 1.29 is 95.5 Å². The summed E-state index contributed by atoms with van der Waals surface area (Å²) in [5, 5.41) is 24.5. The lowest BCUT2D eigenvalue weighted by Crippen LogP contribution is -2.66. The van der Waals surface area contributed by atoms with Gasteiger partial charge in [-0.1, -0.05) is 65.5 Å². The number of hydrogen-bond donors (Lipinski definition) is 7. The van der Waals surface area contributed by atoms with Crippen LogP contribution in [0.4, 0.5) is 0 Å². The Morgan fingerprint density at radius 3 is 2.05 bits per heavy atom. The summed E-state index contributed by atoms with van der Waals surface area (Å²) >= 11 is 0. The molecule has 4 unspecified atom stereocenters. The maximum absolute atomic E-state index is 13.2. The number of methoxy groups -OCH3 is 1. The number of aliphatic hydroxyl groups excluding tert-OH is 2. The van der Waals surface area contributed by atoms with Crippen molar-refractivity contribution in [1.29, 1.82) is 0 Å². The molecule has 0 bridgehead atoms. The summed E-state index contributed by atoms with van der Waals surface area (Å²) in [4.78, 5) is 77.8. The molecule has 1 amide bonds. The molecule has 0 radical (unpaired) electrons. The zero-order chi connectivity index (χ0) is 44.9. The Labute approximate surface area is 351 Å². The van der Waals surface area contributed by atoms with Crippen LogP contribution in [0.25, 0.3) is 0 Å². The standard InChI is InChI=1S/C37H67NO20P2/c1-6-10-12-14-19-51-33-30(38-28(41)21-24(40)15-8-3)36(58-60(47,48)49)55-27(31(33)43)23-53-37-35(56-29(42)17-13-11-7-2)34(52-20-18-25(50-5)16-9-4)32(26(22-39)54-37)57-59(44,45)46/h11,13,25-27,30-37,39,43H,6-10,12,14-23H2,1-5H3,(H,38,41)(H2,44,45,46)(H2,47,48,49)/b13-11-/t25-,26?,27?,30?,31-,32-,33-,34?,35+,36-,37-/m1/s1. The molecule has 23 heteroatoms. The van der Waals surface area contributed by atoms with E-state index in [0.29, 0.717) is 32.1 Å². The predicted octanol–water partition coefficient (Wildman–Crippen LogP) is 2.46. The molecule has 0 aliphatic carbocycles. The number of phosphoric acid groups is 2. The molecule has 0 aromatic carbocycles. The van der Waals surface area contributed by atoms with Crippen molar-refractivity contribution in [1.82, 2.24) is 5.32 Å². The fourth-order valence-electron chi connectivity index (χ4n) is 6.70. The largest absolute Gasteiger partial charge is 0.472 e. The first-order valence-electron chi connectivity index (χ1n) is 20.5. The van der Waals surface area contributed by atoms with E-state index in [4.69, 9.17) is 42.2 Å². The molecule has 21 nitrogen and oxygen atoms in total. The average molecular weight is 908 g/mol. The molecule has 2 fully saturated rings. The lowest BCUT2D eigenvalue weighted by Gasteiger charge is -2.46. The molecule has 0 spiro atoms. The van der Waals surface area contributed by atoms with Crippen LogP contribution < -0.4 is 5.32 Å². The van der Waals surface area contributed by atoms with Crippen LogP contribution in [-0.4, -0.2) is 148 Å². The van der Waals surface area contributed by atoms with Crippen LogP contribution in [0, 0.1) is 0 Å². The summed E-state index contributed by atoms with van der Waals surface area (Å²) in [5.74, 6) is -2.06. The first kappa shape index (κ1) is 54.4. The highest BCUT2D eigenvalue weighted by molar-refractivity contribution is 7.46. The van der Waals surface area contributed by atoms with Gasteiger partial charge in [0.1, 0.15) is 48.4 Å². The van der Waals surface area contributed by atoms with E-state index in [1.165, 1.54) is 13.2 Å². The third-order valence-electron chi connectivity index (χ3n) is 9.54. The molecular formula is C37H67NO20P2. The number of Topliss-reactive ketones (excluding diaryl/α,β-unsaturated/α-hetero) is 1. The Hall–Kier alpha value is -1.75. The molecule has 0 aromatic heterocycles. The highest BCUT2D eigenvalue weighted by Crippen LogP contribution is 2.44. The lowest BCUT2D eigenvalue weighted by molar-refractivity contribution is -0.323. The number of nitrogens with one attached hydrogen (secondary N) is 1. The van der Waals surface area contributed by atoms with Gasteiger partial charge >= 0.3 is 21.6 Å². The Kier molecular flexibility index (Phi) is 25.5. The fraction of sp³-hybridized carbons (Fsp3) is 0.865. The number of amides is 1. The highest BCUT2D eigenvalue weighted by Gasteiger charge is 2.54. The van der Waals surface area contributed by atoms with Crippen molar-refractivity contribution in [3.8, 4) is 0 Å². The van der Waals surface area contributed by atoms with Gasteiger partial charge in [-0.3, -0.25) is 23.4 Å². The summed E-state index contributed by atoms with van der Waals surface area (Å²) in [6.07, 6.45) is -6.71. The van der Waals surface area contributed by atoms with E-state index in [0.717, 1.165) is 25.7 Å². The number of unbranched alkanes of at least 4 members (excludes halogenated alkanes) is 3. The van der Waals surface area contributed by atoms with E-state index in [1.807, 2.05) is 20.8 Å². The Morgan fingerprint density at radius 1 is 0.767 bits per heavy atom. The SMILES string of the molecule is CC/C=C\CC(=O)O[C@H]1C(OCC[C@@H](CCC)OC)[C@H](OP(=O)(O)O)C(CO)O[C@H]1OCC1O[C@H](OP(=O)(O)O)C(NC(=O)CC(=O)CCC)[C@@H](OCCCCCC)[C@@H]1O. The minimum Gasteiger partial charge on any atom is -0.454 e. The Bertz CT molecular complexity index is 1390. The number of aliphatic hydroxyl groups is 2. The molecule has 7 N–H and O–H groups in total. The van der Waals surface area contributed by atoms with Crippen molar-refractivity contribution in [2.45, 2.75) is 172 Å². The van der Waals surface area contributed by atoms with Gasteiger partial charge in [0, 0.05) is 26.7 Å². The average Bonchev–Trinajstić information content (AvgIpc) is 3.16. The number of carbonyl (C=O) groups excluding carboxylic acids is 3. The van der Waals surface area contributed by atoms with E-state index in [2.05, 4.69) is 5.32 Å². The molecule has 2 rings (SSSR count). The summed E-state index contributed by atoms with van der Waals surface area (Å²) in [7, 11) is -9.14. The van der Waals surface area contributed by atoms with Gasteiger partial charge in [-0.05, 0) is 32.1 Å². The van der Waals surface area contributed by atoms with Crippen molar-refractivity contribution in [3.63, 3.8) is 0 Å². The van der Waals surface area contributed by atoms with Gasteiger partial charge in [0.05, 0.1) is 32.2 Å². The number of ether oxygens (including phenoxy) is 7. The molecular weight excluding hydrogens is 840 g/mol. The summed E-state index contributed by atoms with van der Waals surface area (Å²) in [6, 6.07) is -1.54. The fourth-order valence-corrected chi connectivity index (χ4v) is 7.72. The maximum Gasteiger partial charge on any atom is 0.472 e. The van der Waals surface area contributed by atoms with Crippen LogP contribution >= 0.6 is 15.6 Å². The van der Waals surface area contributed by atoms with Crippen molar-refractivity contribution in [3.05, 3.63) is 12.2 Å². The van der Waals surface area contributed by atoms with E-state index in [9.17, 15) is 53.3 Å². The second-order valence-corrected chi connectivity index (χ2v) is 16.9. The van der Waals surface area contributed by atoms with Gasteiger partial charge in [0.15, 0.2) is 18.7 Å². The molecule has 2 aliphatic rings. The van der Waals surface area contributed by atoms with Gasteiger partial charge < -0.3 is 68.3 Å². The van der Waals surface area contributed by atoms with Gasteiger partial charge in [-0.2, -0.15) is 0 Å². The molecule has 2 heterocycles. The monoisotopic (exact) mass is 907 g/mol. The quantitative estimate of drug-likeness (QED) is 0.0179. The summed E-state index contributed by atoms with van der Waals surface area (Å²) < 4.78 is 75.5. The molecule has 2 aliphatic heterocycles. The van der Waals surface area contributed by atoms with Crippen molar-refractivity contribution in [2.75, 3.05) is 33.5 Å².